The maximum atomic E-state index is 9.25. The van der Waals surface area contributed by atoms with Crippen molar-refractivity contribution in [2.24, 2.45) is 5.73 Å². The summed E-state index contributed by atoms with van der Waals surface area (Å²) in [6.07, 6.45) is 0.492. The van der Waals surface area contributed by atoms with Gasteiger partial charge in [0.1, 0.15) is 0 Å². The number of hydrogen-bond acceptors (Lipinski definition) is 4. The Morgan fingerprint density at radius 3 is 2.82 bits per heavy atom. The molecule has 66 valence electrons. The molecule has 1 saturated heterocycles. The van der Waals surface area contributed by atoms with Crippen molar-refractivity contribution in [2.45, 2.75) is 18.6 Å². The summed E-state index contributed by atoms with van der Waals surface area (Å²) in [5.41, 5.74) is 5.48. The number of hydrogen-bond donors (Lipinski definition) is 3. The second-order valence-electron chi connectivity index (χ2n) is 3.00. The molecule has 0 aromatic rings. The van der Waals surface area contributed by atoms with E-state index in [9.17, 15) is 5.11 Å². The average molecular weight is 160 g/mol. The van der Waals surface area contributed by atoms with Crippen molar-refractivity contribution in [3.63, 3.8) is 0 Å². The minimum Gasteiger partial charge on any atom is -0.395 e. The van der Waals surface area contributed by atoms with Crippen LogP contribution in [0.1, 0.15) is 6.42 Å². The van der Waals surface area contributed by atoms with Crippen molar-refractivity contribution < 1.29 is 10.2 Å². The van der Waals surface area contributed by atoms with Crippen LogP contribution in [0.4, 0.5) is 0 Å². The molecule has 11 heavy (non-hydrogen) atoms. The highest BCUT2D eigenvalue weighted by molar-refractivity contribution is 4.85. The number of nitrogens with zero attached hydrogens (tertiary/aromatic N) is 1. The zero-order chi connectivity index (χ0) is 8.27. The molecule has 0 bridgehead atoms. The molecule has 0 saturated carbocycles. The summed E-state index contributed by atoms with van der Waals surface area (Å²) in [4.78, 5) is 2.03. The first-order valence-corrected chi connectivity index (χ1v) is 4.01. The fourth-order valence-electron chi connectivity index (χ4n) is 1.61. The molecule has 4 N–H and O–H groups in total. The summed E-state index contributed by atoms with van der Waals surface area (Å²) in [6.45, 7) is 1.99. The predicted molar refractivity (Wildman–Crippen MR) is 42.1 cm³/mol. The molecule has 0 aliphatic carbocycles. The van der Waals surface area contributed by atoms with Gasteiger partial charge in [-0.05, 0) is 6.42 Å². The monoisotopic (exact) mass is 160 g/mol. The quantitative estimate of drug-likeness (QED) is 0.464. The van der Waals surface area contributed by atoms with Crippen LogP contribution >= 0.6 is 0 Å². The van der Waals surface area contributed by atoms with Gasteiger partial charge in [0.05, 0.1) is 12.7 Å². The molecule has 4 heteroatoms. The molecule has 4 nitrogen and oxygen atoms in total. The Morgan fingerprint density at radius 1 is 1.55 bits per heavy atom. The lowest BCUT2D eigenvalue weighted by Gasteiger charge is -2.20. The molecule has 1 aliphatic rings. The second-order valence-corrected chi connectivity index (χ2v) is 3.00. The van der Waals surface area contributed by atoms with E-state index in [1.165, 1.54) is 0 Å². The maximum Gasteiger partial charge on any atom is 0.0682 e. The van der Waals surface area contributed by atoms with Gasteiger partial charge in [-0.3, -0.25) is 4.90 Å². The standard InChI is InChI=1S/C7H16N2O2/c8-4-6-3-7(11)5-9(6)1-2-10/h6-7,10-11H,1-5,8H2/t6-,7+/m0/s1. The van der Waals surface area contributed by atoms with E-state index in [1.54, 1.807) is 0 Å². The second kappa shape index (κ2) is 4.01. The van der Waals surface area contributed by atoms with Gasteiger partial charge in [-0.25, -0.2) is 0 Å². The Morgan fingerprint density at radius 2 is 2.27 bits per heavy atom. The van der Waals surface area contributed by atoms with E-state index >= 15 is 0 Å². The lowest BCUT2D eigenvalue weighted by molar-refractivity contribution is 0.157. The van der Waals surface area contributed by atoms with Crippen LogP contribution in [0.25, 0.3) is 0 Å². The highest BCUT2D eigenvalue weighted by Gasteiger charge is 2.28. The third-order valence-corrected chi connectivity index (χ3v) is 2.17. The van der Waals surface area contributed by atoms with Gasteiger partial charge in [0.2, 0.25) is 0 Å². The van der Waals surface area contributed by atoms with Crippen LogP contribution in [0, 0.1) is 0 Å². The summed E-state index contributed by atoms with van der Waals surface area (Å²) in [7, 11) is 0. The summed E-state index contributed by atoms with van der Waals surface area (Å²) in [5, 5.41) is 17.9. The Kier molecular flexibility index (Phi) is 3.26. The smallest absolute Gasteiger partial charge is 0.0682 e. The van der Waals surface area contributed by atoms with E-state index in [4.69, 9.17) is 10.8 Å². The van der Waals surface area contributed by atoms with Gasteiger partial charge in [0, 0.05) is 25.7 Å². The van der Waals surface area contributed by atoms with Crippen LogP contribution in [-0.4, -0.2) is 53.5 Å². The fraction of sp³-hybridized carbons (Fsp3) is 1.00. The van der Waals surface area contributed by atoms with Gasteiger partial charge in [-0.2, -0.15) is 0 Å². The third kappa shape index (κ3) is 2.13. The van der Waals surface area contributed by atoms with Crippen molar-refractivity contribution in [1.29, 1.82) is 0 Å². The van der Waals surface area contributed by atoms with Crippen LogP contribution in [0.5, 0.6) is 0 Å². The van der Waals surface area contributed by atoms with E-state index in [-0.39, 0.29) is 18.8 Å². The van der Waals surface area contributed by atoms with Crippen LogP contribution in [-0.2, 0) is 0 Å². The van der Waals surface area contributed by atoms with Gasteiger partial charge in [0.25, 0.3) is 0 Å². The molecule has 1 rings (SSSR count). The van der Waals surface area contributed by atoms with E-state index in [0.717, 1.165) is 6.42 Å². The largest absolute Gasteiger partial charge is 0.395 e. The Balaban J connectivity index is 2.37. The van der Waals surface area contributed by atoms with Crippen LogP contribution in [0.3, 0.4) is 0 Å². The van der Waals surface area contributed by atoms with Gasteiger partial charge in [-0.15, -0.1) is 0 Å². The minimum atomic E-state index is -0.255. The highest BCUT2D eigenvalue weighted by Crippen LogP contribution is 2.15. The Hall–Kier alpha value is -0.160. The van der Waals surface area contributed by atoms with Crippen LogP contribution in [0.2, 0.25) is 0 Å². The predicted octanol–water partition coefficient (Wildman–Crippen LogP) is -1.63. The number of aliphatic hydroxyl groups is 2. The van der Waals surface area contributed by atoms with E-state index in [2.05, 4.69) is 0 Å². The summed E-state index contributed by atoms with van der Waals surface area (Å²) in [6, 6.07) is 0.261. The molecular formula is C7H16N2O2. The first kappa shape index (κ1) is 8.93. The fourth-order valence-corrected chi connectivity index (χ4v) is 1.61. The number of aliphatic hydroxyl groups excluding tert-OH is 2. The van der Waals surface area contributed by atoms with Crippen molar-refractivity contribution >= 4 is 0 Å². The van der Waals surface area contributed by atoms with Crippen molar-refractivity contribution in [2.75, 3.05) is 26.2 Å². The topological polar surface area (TPSA) is 69.7 Å². The normalized spacial score (nSPS) is 33.0. The summed E-state index contributed by atoms with van der Waals surface area (Å²) < 4.78 is 0. The highest BCUT2D eigenvalue weighted by atomic mass is 16.3. The maximum absolute atomic E-state index is 9.25. The number of nitrogens with two attached hydrogens (primary N) is 1. The molecule has 0 radical (unpaired) electrons. The lowest BCUT2D eigenvalue weighted by atomic mass is 10.2. The molecule has 0 aromatic carbocycles. The molecule has 0 amide bonds. The average Bonchev–Trinajstić information content (AvgIpc) is 2.32. The van der Waals surface area contributed by atoms with Gasteiger partial charge >= 0.3 is 0 Å². The number of rotatable bonds is 3. The summed E-state index contributed by atoms with van der Waals surface area (Å²) >= 11 is 0. The van der Waals surface area contributed by atoms with E-state index < -0.39 is 0 Å². The molecule has 2 atom stereocenters. The molecule has 0 unspecified atom stereocenters. The van der Waals surface area contributed by atoms with Crippen molar-refractivity contribution in [3.05, 3.63) is 0 Å². The zero-order valence-corrected chi connectivity index (χ0v) is 6.61. The number of likely N-dealkylation sites (tertiary alicyclic amines) is 1. The van der Waals surface area contributed by atoms with E-state index in [1.807, 2.05) is 4.90 Å². The zero-order valence-electron chi connectivity index (χ0n) is 6.61. The van der Waals surface area contributed by atoms with Crippen LogP contribution < -0.4 is 5.73 Å². The molecule has 1 fully saturated rings. The molecule has 1 heterocycles. The van der Waals surface area contributed by atoms with E-state index in [0.29, 0.717) is 19.6 Å². The van der Waals surface area contributed by atoms with Crippen molar-refractivity contribution in [3.8, 4) is 0 Å². The van der Waals surface area contributed by atoms with Crippen molar-refractivity contribution in [1.82, 2.24) is 4.90 Å². The molecule has 0 spiro atoms. The van der Waals surface area contributed by atoms with Crippen LogP contribution in [0.15, 0.2) is 0 Å². The molecule has 1 aliphatic heterocycles. The van der Waals surface area contributed by atoms with Gasteiger partial charge in [-0.1, -0.05) is 0 Å². The first-order valence-electron chi connectivity index (χ1n) is 4.01. The SMILES string of the molecule is NC[C@@H]1C[C@@H](O)CN1CCO. The summed E-state index contributed by atoms with van der Waals surface area (Å²) in [5.74, 6) is 0. The van der Waals surface area contributed by atoms with Gasteiger partial charge in [0.15, 0.2) is 0 Å². The number of β-amino-alcohol motifs (C(OH)–C–C–N with tert-alkyl or cyclic N) is 2. The molecular weight excluding hydrogens is 144 g/mol. The minimum absolute atomic E-state index is 0.142. The Bertz CT molecular complexity index is 121. The third-order valence-electron chi connectivity index (χ3n) is 2.17. The molecule has 0 aromatic heterocycles. The Labute approximate surface area is 66.6 Å². The first-order chi connectivity index (χ1) is 5.27. The van der Waals surface area contributed by atoms with Gasteiger partial charge < -0.3 is 15.9 Å². The lowest BCUT2D eigenvalue weighted by Crippen LogP contribution is -2.37.